The van der Waals surface area contributed by atoms with E-state index in [9.17, 15) is 8.78 Å². The van der Waals surface area contributed by atoms with Gasteiger partial charge in [-0.05, 0) is 54.2 Å². The largest absolute Gasteiger partial charge is 0.327 e. The Hall–Kier alpha value is -1.74. The quantitative estimate of drug-likeness (QED) is 0.898. The van der Waals surface area contributed by atoms with Crippen LogP contribution in [0.4, 0.5) is 8.78 Å². The molecule has 0 aliphatic heterocycles. The van der Waals surface area contributed by atoms with Gasteiger partial charge in [0.25, 0.3) is 0 Å². The van der Waals surface area contributed by atoms with E-state index in [0.717, 1.165) is 30.4 Å². The summed E-state index contributed by atoms with van der Waals surface area (Å²) in [6.45, 7) is 0. The van der Waals surface area contributed by atoms with Gasteiger partial charge in [-0.15, -0.1) is 0 Å². The van der Waals surface area contributed by atoms with Crippen molar-refractivity contribution in [3.05, 3.63) is 71.3 Å². The Kier molecular flexibility index (Phi) is 4.02. The summed E-state index contributed by atoms with van der Waals surface area (Å²) in [6.07, 6.45) is 3.05. The average Bonchev–Trinajstić information content (AvgIpc) is 2.86. The van der Waals surface area contributed by atoms with E-state index in [1.54, 1.807) is 24.3 Å². The molecule has 0 radical (unpaired) electrons. The highest BCUT2D eigenvalue weighted by molar-refractivity contribution is 5.34. The minimum atomic E-state index is -0.263. The van der Waals surface area contributed by atoms with Gasteiger partial charge in [-0.2, -0.15) is 0 Å². The molecule has 1 aliphatic rings. The fourth-order valence-electron chi connectivity index (χ4n) is 3.52. The zero-order valence-corrected chi connectivity index (χ0v) is 11.8. The highest BCUT2D eigenvalue weighted by Gasteiger charge is 2.33. The third-order valence-electron chi connectivity index (χ3n) is 4.47. The fourth-order valence-corrected chi connectivity index (χ4v) is 3.52. The topological polar surface area (TPSA) is 26.0 Å². The predicted octanol–water partition coefficient (Wildman–Crippen LogP) is 4.22. The number of hydrogen-bond acceptors (Lipinski definition) is 1. The van der Waals surface area contributed by atoms with Gasteiger partial charge in [0.15, 0.2) is 0 Å². The Labute approximate surface area is 123 Å². The molecule has 0 amide bonds. The molecule has 21 heavy (non-hydrogen) atoms. The lowest BCUT2D eigenvalue weighted by Crippen LogP contribution is -2.30. The van der Waals surface area contributed by atoms with Crippen molar-refractivity contribution in [3.8, 4) is 0 Å². The van der Waals surface area contributed by atoms with Crippen LogP contribution in [0.1, 0.15) is 36.3 Å². The molecule has 0 spiro atoms. The first-order valence-electron chi connectivity index (χ1n) is 7.41. The third-order valence-corrected chi connectivity index (χ3v) is 4.47. The molecule has 0 saturated heterocycles. The lowest BCUT2D eigenvalue weighted by atomic mass is 9.78. The lowest BCUT2D eigenvalue weighted by Gasteiger charge is -2.28. The summed E-state index contributed by atoms with van der Waals surface area (Å²) < 4.78 is 27.2. The van der Waals surface area contributed by atoms with Crippen LogP contribution in [-0.2, 0) is 0 Å². The van der Waals surface area contributed by atoms with Crippen molar-refractivity contribution in [2.75, 3.05) is 0 Å². The molecule has 2 N–H and O–H groups in total. The maximum absolute atomic E-state index is 13.6. The fraction of sp³-hybridized carbons (Fsp3) is 0.333. The minimum absolute atomic E-state index is 0.0473. The van der Waals surface area contributed by atoms with Gasteiger partial charge in [0, 0.05) is 12.0 Å². The summed E-state index contributed by atoms with van der Waals surface area (Å²) in [5, 5.41) is 0. The van der Waals surface area contributed by atoms with Crippen molar-refractivity contribution >= 4 is 0 Å². The first kappa shape index (κ1) is 14.2. The number of benzene rings is 2. The monoisotopic (exact) mass is 287 g/mol. The summed E-state index contributed by atoms with van der Waals surface area (Å²) in [6, 6.07) is 13.3. The third kappa shape index (κ3) is 2.98. The SMILES string of the molecule is N[C@H]1CCCC1C(c1cccc(F)c1)c1cccc(F)c1. The van der Waals surface area contributed by atoms with Crippen molar-refractivity contribution in [1.82, 2.24) is 0 Å². The van der Waals surface area contributed by atoms with Crippen molar-refractivity contribution in [3.63, 3.8) is 0 Å². The molecule has 1 unspecified atom stereocenters. The molecular weight excluding hydrogens is 268 g/mol. The van der Waals surface area contributed by atoms with Crippen LogP contribution in [0.5, 0.6) is 0 Å². The predicted molar refractivity (Wildman–Crippen MR) is 80.0 cm³/mol. The number of nitrogens with two attached hydrogens (primary N) is 1. The maximum Gasteiger partial charge on any atom is 0.123 e. The smallest absolute Gasteiger partial charge is 0.123 e. The number of hydrogen-bond donors (Lipinski definition) is 1. The Morgan fingerprint density at radius 1 is 0.905 bits per heavy atom. The van der Waals surface area contributed by atoms with Crippen LogP contribution >= 0.6 is 0 Å². The van der Waals surface area contributed by atoms with Gasteiger partial charge in [-0.3, -0.25) is 0 Å². The van der Waals surface area contributed by atoms with E-state index in [1.807, 2.05) is 12.1 Å². The molecule has 1 fully saturated rings. The van der Waals surface area contributed by atoms with Crippen molar-refractivity contribution in [2.45, 2.75) is 31.2 Å². The van der Waals surface area contributed by atoms with Crippen LogP contribution in [-0.4, -0.2) is 6.04 Å². The molecule has 2 aromatic rings. The van der Waals surface area contributed by atoms with E-state index < -0.39 is 0 Å². The second-order valence-electron chi connectivity index (χ2n) is 5.85. The molecule has 3 heteroatoms. The summed E-state index contributed by atoms with van der Waals surface area (Å²) in [5.74, 6) is -0.344. The molecule has 2 aromatic carbocycles. The van der Waals surface area contributed by atoms with Crippen molar-refractivity contribution in [1.29, 1.82) is 0 Å². The normalized spacial score (nSPS) is 21.9. The van der Waals surface area contributed by atoms with E-state index in [0.29, 0.717) is 0 Å². The second kappa shape index (κ2) is 5.94. The number of rotatable bonds is 3. The standard InChI is InChI=1S/C18H19F2N/c19-14-6-1-4-12(10-14)18(16-8-3-9-17(16)21)13-5-2-7-15(20)11-13/h1-2,4-7,10-11,16-18H,3,8-9,21H2/t16?,17-/m0/s1. The molecule has 0 heterocycles. The molecule has 3 rings (SSSR count). The zero-order valence-electron chi connectivity index (χ0n) is 11.8. The van der Waals surface area contributed by atoms with Crippen LogP contribution in [0.3, 0.4) is 0 Å². The van der Waals surface area contributed by atoms with Gasteiger partial charge in [-0.1, -0.05) is 30.7 Å². The Balaban J connectivity index is 2.06. The summed E-state index contributed by atoms with van der Waals surface area (Å²) in [5.41, 5.74) is 8.00. The van der Waals surface area contributed by atoms with Crippen LogP contribution < -0.4 is 5.73 Å². The summed E-state index contributed by atoms with van der Waals surface area (Å²) in [7, 11) is 0. The molecule has 1 saturated carbocycles. The van der Waals surface area contributed by atoms with E-state index in [-0.39, 0.29) is 29.5 Å². The van der Waals surface area contributed by atoms with Crippen molar-refractivity contribution in [2.24, 2.45) is 11.7 Å². The van der Waals surface area contributed by atoms with Crippen LogP contribution in [0.2, 0.25) is 0 Å². The zero-order chi connectivity index (χ0) is 14.8. The summed E-state index contributed by atoms with van der Waals surface area (Å²) >= 11 is 0. The van der Waals surface area contributed by atoms with Crippen LogP contribution in [0, 0.1) is 17.6 Å². The van der Waals surface area contributed by atoms with E-state index in [1.165, 1.54) is 12.1 Å². The molecule has 2 atom stereocenters. The van der Waals surface area contributed by atoms with Gasteiger partial charge in [0.1, 0.15) is 11.6 Å². The maximum atomic E-state index is 13.6. The molecule has 110 valence electrons. The van der Waals surface area contributed by atoms with Gasteiger partial charge < -0.3 is 5.73 Å². The Morgan fingerprint density at radius 3 is 1.90 bits per heavy atom. The van der Waals surface area contributed by atoms with E-state index >= 15 is 0 Å². The van der Waals surface area contributed by atoms with E-state index in [4.69, 9.17) is 5.73 Å². The van der Waals surface area contributed by atoms with Crippen LogP contribution in [0.15, 0.2) is 48.5 Å². The molecular formula is C18H19F2N. The van der Waals surface area contributed by atoms with E-state index in [2.05, 4.69) is 0 Å². The highest BCUT2D eigenvalue weighted by atomic mass is 19.1. The highest BCUT2D eigenvalue weighted by Crippen LogP contribution is 2.41. The molecule has 1 aliphatic carbocycles. The first-order chi connectivity index (χ1) is 10.1. The van der Waals surface area contributed by atoms with Crippen LogP contribution in [0.25, 0.3) is 0 Å². The van der Waals surface area contributed by atoms with Gasteiger partial charge in [0.2, 0.25) is 0 Å². The van der Waals surface area contributed by atoms with Gasteiger partial charge in [-0.25, -0.2) is 8.78 Å². The average molecular weight is 287 g/mol. The Morgan fingerprint density at radius 2 is 1.48 bits per heavy atom. The van der Waals surface area contributed by atoms with Gasteiger partial charge in [0.05, 0.1) is 0 Å². The van der Waals surface area contributed by atoms with Gasteiger partial charge >= 0.3 is 0 Å². The first-order valence-corrected chi connectivity index (χ1v) is 7.41. The summed E-state index contributed by atoms with van der Waals surface area (Å²) in [4.78, 5) is 0. The second-order valence-corrected chi connectivity index (χ2v) is 5.85. The molecule has 0 bridgehead atoms. The van der Waals surface area contributed by atoms with Crippen molar-refractivity contribution < 1.29 is 8.78 Å². The lowest BCUT2D eigenvalue weighted by molar-refractivity contribution is 0.427. The molecule has 1 nitrogen and oxygen atoms in total. The molecule has 0 aromatic heterocycles. The minimum Gasteiger partial charge on any atom is -0.327 e. The number of halogens is 2. The Bertz CT molecular complexity index is 581.